The van der Waals surface area contributed by atoms with Crippen molar-refractivity contribution in [1.29, 1.82) is 0 Å². The van der Waals surface area contributed by atoms with Gasteiger partial charge in [0.15, 0.2) is 5.82 Å². The van der Waals surface area contributed by atoms with E-state index in [0.29, 0.717) is 11.8 Å². The first-order valence-electron chi connectivity index (χ1n) is 9.00. The number of methoxy groups -OCH3 is 1. The molecule has 6 nitrogen and oxygen atoms in total. The number of benzene rings is 1. The summed E-state index contributed by atoms with van der Waals surface area (Å²) >= 11 is 0. The number of imidazole rings is 1. The first-order valence-corrected chi connectivity index (χ1v) is 9.00. The van der Waals surface area contributed by atoms with Gasteiger partial charge in [0, 0.05) is 50.3 Å². The SMILES string of the molecule is COc1nccnc1N1CCC[C@@H](c2nccn2Cc2ccccc2)C1. The second-order valence-corrected chi connectivity index (χ2v) is 6.57. The molecule has 1 aromatic carbocycles. The molecule has 1 saturated heterocycles. The van der Waals surface area contributed by atoms with Crippen molar-refractivity contribution in [3.63, 3.8) is 0 Å². The Kier molecular flexibility index (Phi) is 4.82. The van der Waals surface area contributed by atoms with Gasteiger partial charge in [-0.3, -0.25) is 0 Å². The molecule has 0 saturated carbocycles. The predicted molar refractivity (Wildman–Crippen MR) is 101 cm³/mol. The van der Waals surface area contributed by atoms with Gasteiger partial charge < -0.3 is 14.2 Å². The number of rotatable bonds is 5. The lowest BCUT2D eigenvalue weighted by atomic mass is 9.97. The summed E-state index contributed by atoms with van der Waals surface area (Å²) in [5.41, 5.74) is 1.29. The van der Waals surface area contributed by atoms with Crippen LogP contribution >= 0.6 is 0 Å². The third-order valence-corrected chi connectivity index (χ3v) is 4.87. The van der Waals surface area contributed by atoms with E-state index in [2.05, 4.69) is 54.9 Å². The third kappa shape index (κ3) is 3.40. The lowest BCUT2D eigenvalue weighted by molar-refractivity contribution is 0.390. The monoisotopic (exact) mass is 349 g/mol. The molecule has 3 aromatic rings. The molecule has 26 heavy (non-hydrogen) atoms. The number of aromatic nitrogens is 4. The van der Waals surface area contributed by atoms with E-state index in [0.717, 1.165) is 44.1 Å². The van der Waals surface area contributed by atoms with Gasteiger partial charge in [0.2, 0.25) is 0 Å². The Hall–Kier alpha value is -2.89. The van der Waals surface area contributed by atoms with Crippen molar-refractivity contribution >= 4 is 5.82 Å². The minimum absolute atomic E-state index is 0.370. The molecule has 4 rings (SSSR count). The summed E-state index contributed by atoms with van der Waals surface area (Å²) in [5.74, 6) is 2.91. The van der Waals surface area contributed by atoms with Gasteiger partial charge in [0.05, 0.1) is 7.11 Å². The maximum Gasteiger partial charge on any atom is 0.257 e. The van der Waals surface area contributed by atoms with Crippen LogP contribution < -0.4 is 9.64 Å². The van der Waals surface area contributed by atoms with E-state index >= 15 is 0 Å². The van der Waals surface area contributed by atoms with Gasteiger partial charge in [-0.05, 0) is 18.4 Å². The molecule has 1 aliphatic rings. The van der Waals surface area contributed by atoms with E-state index in [9.17, 15) is 0 Å². The molecule has 1 atom stereocenters. The number of anilines is 1. The van der Waals surface area contributed by atoms with Crippen LogP contribution in [0.3, 0.4) is 0 Å². The zero-order valence-corrected chi connectivity index (χ0v) is 15.0. The molecule has 0 aliphatic carbocycles. The lowest BCUT2D eigenvalue weighted by Crippen LogP contribution is -2.36. The average molecular weight is 349 g/mol. The highest BCUT2D eigenvalue weighted by Gasteiger charge is 2.27. The smallest absolute Gasteiger partial charge is 0.257 e. The molecular formula is C20H23N5O. The summed E-state index contributed by atoms with van der Waals surface area (Å²) in [7, 11) is 1.64. The number of nitrogens with zero attached hydrogens (tertiary/aromatic N) is 5. The van der Waals surface area contributed by atoms with Crippen LogP contribution in [0.15, 0.2) is 55.1 Å². The van der Waals surface area contributed by atoms with Crippen molar-refractivity contribution < 1.29 is 4.74 Å². The van der Waals surface area contributed by atoms with Crippen LogP contribution in [0.4, 0.5) is 5.82 Å². The fraction of sp³-hybridized carbons (Fsp3) is 0.350. The Morgan fingerprint density at radius 1 is 1.08 bits per heavy atom. The van der Waals surface area contributed by atoms with Gasteiger partial charge in [-0.15, -0.1) is 0 Å². The maximum atomic E-state index is 5.39. The lowest BCUT2D eigenvalue weighted by Gasteiger charge is -2.33. The van der Waals surface area contributed by atoms with Gasteiger partial charge in [-0.25, -0.2) is 15.0 Å². The van der Waals surface area contributed by atoms with E-state index < -0.39 is 0 Å². The zero-order valence-electron chi connectivity index (χ0n) is 15.0. The Labute approximate surface area is 153 Å². The number of hydrogen-bond donors (Lipinski definition) is 0. The minimum Gasteiger partial charge on any atom is -0.478 e. The van der Waals surface area contributed by atoms with Gasteiger partial charge >= 0.3 is 0 Å². The van der Waals surface area contributed by atoms with Gasteiger partial charge in [-0.2, -0.15) is 0 Å². The first kappa shape index (κ1) is 16.6. The second-order valence-electron chi connectivity index (χ2n) is 6.57. The Bertz CT molecular complexity index is 848. The van der Waals surface area contributed by atoms with Crippen molar-refractivity contribution in [2.45, 2.75) is 25.3 Å². The second kappa shape index (κ2) is 7.56. The molecule has 0 unspecified atom stereocenters. The largest absolute Gasteiger partial charge is 0.478 e. The number of ether oxygens (including phenoxy) is 1. The highest BCUT2D eigenvalue weighted by Crippen LogP contribution is 2.31. The van der Waals surface area contributed by atoms with Gasteiger partial charge in [0.25, 0.3) is 5.88 Å². The van der Waals surface area contributed by atoms with Crippen LogP contribution in [0.25, 0.3) is 0 Å². The molecule has 0 amide bonds. The summed E-state index contributed by atoms with van der Waals surface area (Å²) in [6, 6.07) is 10.5. The van der Waals surface area contributed by atoms with Crippen molar-refractivity contribution in [2.24, 2.45) is 0 Å². The molecule has 134 valence electrons. The molecule has 1 fully saturated rings. The predicted octanol–water partition coefficient (Wildman–Crippen LogP) is 3.11. The minimum atomic E-state index is 0.370. The molecular weight excluding hydrogens is 326 g/mol. The van der Waals surface area contributed by atoms with Crippen LogP contribution in [0, 0.1) is 0 Å². The standard InChI is InChI=1S/C20H23N5O/c1-26-20-19(21-9-10-23-20)24-12-5-8-17(15-24)18-22-11-13-25(18)14-16-6-3-2-4-7-16/h2-4,6-7,9-11,13,17H,5,8,12,14-15H2,1H3/t17-/m1/s1. The first-order chi connectivity index (χ1) is 12.8. The van der Waals surface area contributed by atoms with Crippen LogP contribution in [0.2, 0.25) is 0 Å². The zero-order chi connectivity index (χ0) is 17.8. The normalized spacial score (nSPS) is 17.3. The molecule has 0 bridgehead atoms. The van der Waals surface area contributed by atoms with Gasteiger partial charge in [0.1, 0.15) is 5.82 Å². The van der Waals surface area contributed by atoms with Crippen molar-refractivity contribution in [3.8, 4) is 5.88 Å². The van der Waals surface area contributed by atoms with E-state index in [-0.39, 0.29) is 0 Å². The molecule has 6 heteroatoms. The average Bonchev–Trinajstić information content (AvgIpc) is 3.17. The summed E-state index contributed by atoms with van der Waals surface area (Å²) in [6.45, 7) is 2.69. The Balaban J connectivity index is 1.55. The number of piperidine rings is 1. The van der Waals surface area contributed by atoms with Gasteiger partial charge in [-0.1, -0.05) is 30.3 Å². The van der Waals surface area contributed by atoms with E-state index in [1.165, 1.54) is 5.56 Å². The fourth-order valence-electron chi connectivity index (χ4n) is 3.65. The Morgan fingerprint density at radius 2 is 1.92 bits per heavy atom. The van der Waals surface area contributed by atoms with Crippen LogP contribution in [-0.2, 0) is 6.54 Å². The van der Waals surface area contributed by atoms with Crippen molar-refractivity contribution in [1.82, 2.24) is 19.5 Å². The summed E-state index contributed by atoms with van der Waals surface area (Å²) < 4.78 is 7.65. The summed E-state index contributed by atoms with van der Waals surface area (Å²) in [5, 5.41) is 0. The van der Waals surface area contributed by atoms with E-state index in [1.807, 2.05) is 12.3 Å². The summed E-state index contributed by atoms with van der Waals surface area (Å²) in [4.78, 5) is 15.7. The molecule has 3 heterocycles. The molecule has 0 N–H and O–H groups in total. The molecule has 2 aromatic heterocycles. The van der Waals surface area contributed by atoms with Crippen LogP contribution in [0.1, 0.15) is 30.1 Å². The van der Waals surface area contributed by atoms with Crippen LogP contribution in [-0.4, -0.2) is 39.7 Å². The van der Waals surface area contributed by atoms with Crippen molar-refractivity contribution in [3.05, 3.63) is 66.5 Å². The fourth-order valence-corrected chi connectivity index (χ4v) is 3.65. The Morgan fingerprint density at radius 3 is 2.77 bits per heavy atom. The quantitative estimate of drug-likeness (QED) is 0.708. The van der Waals surface area contributed by atoms with Crippen molar-refractivity contribution in [2.75, 3.05) is 25.1 Å². The van der Waals surface area contributed by atoms with Crippen LogP contribution in [0.5, 0.6) is 5.88 Å². The molecule has 0 spiro atoms. The third-order valence-electron chi connectivity index (χ3n) is 4.87. The number of hydrogen-bond acceptors (Lipinski definition) is 5. The molecule has 0 radical (unpaired) electrons. The van der Waals surface area contributed by atoms with E-state index in [1.54, 1.807) is 19.5 Å². The summed E-state index contributed by atoms with van der Waals surface area (Å²) in [6.07, 6.45) is 9.59. The highest BCUT2D eigenvalue weighted by atomic mass is 16.5. The maximum absolute atomic E-state index is 5.39. The topological polar surface area (TPSA) is 56.1 Å². The highest BCUT2D eigenvalue weighted by molar-refractivity contribution is 5.48. The molecule has 1 aliphatic heterocycles. The van der Waals surface area contributed by atoms with E-state index in [4.69, 9.17) is 4.74 Å².